The second-order valence-corrected chi connectivity index (χ2v) is 6.85. The van der Waals surface area contributed by atoms with Gasteiger partial charge in [0, 0.05) is 34.4 Å². The summed E-state index contributed by atoms with van der Waals surface area (Å²) in [5.41, 5.74) is 0.922. The molecule has 4 heteroatoms. The molecule has 1 unspecified atom stereocenters. The van der Waals surface area contributed by atoms with Gasteiger partial charge in [-0.25, -0.2) is 0 Å². The van der Waals surface area contributed by atoms with E-state index < -0.39 is 0 Å². The highest BCUT2D eigenvalue weighted by atomic mass is 32.1. The number of carbonyl (C=O) groups excluding carboxylic acids is 1. The highest BCUT2D eigenvalue weighted by Crippen LogP contribution is 2.22. The fourth-order valence-electron chi connectivity index (χ4n) is 2.57. The van der Waals surface area contributed by atoms with Crippen LogP contribution in [-0.4, -0.2) is 55.4 Å². The Balaban J connectivity index is 1.95. The number of hydrogen-bond acceptors (Lipinski definition) is 4. The third-order valence-electron chi connectivity index (χ3n) is 3.69. The van der Waals surface area contributed by atoms with E-state index in [0.717, 1.165) is 23.5 Å². The van der Waals surface area contributed by atoms with Crippen molar-refractivity contribution in [1.82, 2.24) is 9.80 Å². The third kappa shape index (κ3) is 2.99. The number of rotatable bonds is 4. The number of thiophene rings is 1. The number of likely N-dealkylation sites (N-methyl/N-ethyl adjacent to an activating group) is 1. The Labute approximate surface area is 113 Å². The lowest BCUT2D eigenvalue weighted by Crippen LogP contribution is -2.33. The van der Waals surface area contributed by atoms with Crippen LogP contribution in [0.5, 0.6) is 0 Å². The topological polar surface area (TPSA) is 23.6 Å². The normalized spacial score (nSPS) is 20.8. The van der Waals surface area contributed by atoms with Crippen LogP contribution in [0.2, 0.25) is 0 Å². The zero-order valence-electron chi connectivity index (χ0n) is 11.7. The number of hydrogen-bond donors (Lipinski definition) is 0. The first kappa shape index (κ1) is 13.7. The van der Waals surface area contributed by atoms with Gasteiger partial charge in [-0.3, -0.25) is 9.69 Å². The molecule has 2 rings (SSSR count). The molecule has 100 valence electrons. The maximum Gasteiger partial charge on any atom is 0.177 e. The van der Waals surface area contributed by atoms with Crippen LogP contribution in [0.15, 0.2) is 6.07 Å². The Morgan fingerprint density at radius 3 is 2.72 bits per heavy atom. The van der Waals surface area contributed by atoms with E-state index in [2.05, 4.69) is 30.8 Å². The summed E-state index contributed by atoms with van der Waals surface area (Å²) in [5.74, 6) is 0.274. The van der Waals surface area contributed by atoms with Gasteiger partial charge in [-0.05, 0) is 40.4 Å². The van der Waals surface area contributed by atoms with Gasteiger partial charge in [0.1, 0.15) is 0 Å². The molecule has 0 aromatic carbocycles. The molecule has 1 aromatic heterocycles. The summed E-state index contributed by atoms with van der Waals surface area (Å²) in [6.07, 6.45) is 1.17. The smallest absolute Gasteiger partial charge is 0.177 e. The standard InChI is InChI=1S/C14H22N2OS/c1-10-7-13(11(2)18-10)14(17)9-16-6-5-12(8-16)15(3)4/h7,12H,5-6,8-9H2,1-4H3. The third-order valence-corrected chi connectivity index (χ3v) is 4.65. The average Bonchev–Trinajstić information content (AvgIpc) is 2.85. The minimum atomic E-state index is 0.274. The molecule has 0 radical (unpaired) electrons. The molecule has 1 fully saturated rings. The minimum Gasteiger partial charge on any atom is -0.305 e. The van der Waals surface area contributed by atoms with Crippen molar-refractivity contribution in [1.29, 1.82) is 0 Å². The van der Waals surface area contributed by atoms with E-state index in [1.54, 1.807) is 11.3 Å². The van der Waals surface area contributed by atoms with Crippen LogP contribution < -0.4 is 0 Å². The van der Waals surface area contributed by atoms with Gasteiger partial charge >= 0.3 is 0 Å². The van der Waals surface area contributed by atoms with Crippen molar-refractivity contribution in [3.05, 3.63) is 21.4 Å². The molecule has 1 saturated heterocycles. The van der Waals surface area contributed by atoms with Gasteiger partial charge in [-0.15, -0.1) is 11.3 Å². The number of likely N-dealkylation sites (tertiary alicyclic amines) is 1. The molecular weight excluding hydrogens is 244 g/mol. The fraction of sp³-hybridized carbons (Fsp3) is 0.643. The molecular formula is C14H22N2OS. The first-order chi connectivity index (χ1) is 8.47. The lowest BCUT2D eigenvalue weighted by Gasteiger charge is -2.19. The van der Waals surface area contributed by atoms with Crippen molar-refractivity contribution >= 4 is 17.1 Å². The predicted octanol–water partition coefficient (Wildman–Crippen LogP) is 2.18. The monoisotopic (exact) mass is 266 g/mol. The lowest BCUT2D eigenvalue weighted by molar-refractivity contribution is 0.0941. The predicted molar refractivity (Wildman–Crippen MR) is 76.7 cm³/mol. The highest BCUT2D eigenvalue weighted by Gasteiger charge is 2.26. The van der Waals surface area contributed by atoms with Crippen LogP contribution in [0.3, 0.4) is 0 Å². The maximum absolute atomic E-state index is 12.3. The molecule has 18 heavy (non-hydrogen) atoms. The summed E-state index contributed by atoms with van der Waals surface area (Å²) >= 11 is 1.71. The number of carbonyl (C=O) groups is 1. The summed E-state index contributed by atoms with van der Waals surface area (Å²) in [5, 5.41) is 0. The minimum absolute atomic E-state index is 0.274. The van der Waals surface area contributed by atoms with Crippen molar-refractivity contribution in [2.75, 3.05) is 33.7 Å². The van der Waals surface area contributed by atoms with Crippen molar-refractivity contribution in [3.63, 3.8) is 0 Å². The lowest BCUT2D eigenvalue weighted by atomic mass is 10.1. The van der Waals surface area contributed by atoms with Crippen LogP contribution >= 0.6 is 11.3 Å². The molecule has 1 aliphatic rings. The molecule has 0 amide bonds. The van der Waals surface area contributed by atoms with E-state index in [1.807, 2.05) is 13.0 Å². The molecule has 1 aromatic rings. The number of nitrogens with zero attached hydrogens (tertiary/aromatic N) is 2. The molecule has 0 aliphatic carbocycles. The Bertz CT molecular complexity index is 439. The molecule has 0 saturated carbocycles. The molecule has 0 spiro atoms. The van der Waals surface area contributed by atoms with Gasteiger partial charge < -0.3 is 4.90 Å². The van der Waals surface area contributed by atoms with E-state index in [9.17, 15) is 4.79 Å². The highest BCUT2D eigenvalue weighted by molar-refractivity contribution is 7.12. The van der Waals surface area contributed by atoms with E-state index in [0.29, 0.717) is 12.6 Å². The van der Waals surface area contributed by atoms with Gasteiger partial charge in [-0.1, -0.05) is 0 Å². The summed E-state index contributed by atoms with van der Waals surface area (Å²) in [4.78, 5) is 19.2. The van der Waals surface area contributed by atoms with Crippen molar-refractivity contribution in [3.8, 4) is 0 Å². The zero-order chi connectivity index (χ0) is 13.3. The molecule has 0 N–H and O–H groups in total. The molecule has 1 atom stereocenters. The molecule has 0 bridgehead atoms. The Hall–Kier alpha value is -0.710. The summed E-state index contributed by atoms with van der Waals surface area (Å²) in [6.45, 7) is 6.73. The van der Waals surface area contributed by atoms with Crippen LogP contribution in [0.25, 0.3) is 0 Å². The molecule has 3 nitrogen and oxygen atoms in total. The first-order valence-corrected chi connectivity index (χ1v) is 7.28. The summed E-state index contributed by atoms with van der Waals surface area (Å²) < 4.78 is 0. The maximum atomic E-state index is 12.3. The fourth-order valence-corrected chi connectivity index (χ4v) is 3.52. The Kier molecular flexibility index (Phi) is 4.20. The van der Waals surface area contributed by atoms with Crippen LogP contribution in [-0.2, 0) is 0 Å². The van der Waals surface area contributed by atoms with Crippen LogP contribution in [0, 0.1) is 13.8 Å². The summed E-state index contributed by atoms with van der Waals surface area (Å²) in [7, 11) is 4.23. The van der Waals surface area contributed by atoms with Gasteiger partial charge in [0.2, 0.25) is 0 Å². The van der Waals surface area contributed by atoms with E-state index >= 15 is 0 Å². The van der Waals surface area contributed by atoms with Gasteiger partial charge in [0.25, 0.3) is 0 Å². The van der Waals surface area contributed by atoms with E-state index in [4.69, 9.17) is 0 Å². The average molecular weight is 266 g/mol. The second-order valence-electron chi connectivity index (χ2n) is 5.39. The zero-order valence-corrected chi connectivity index (χ0v) is 12.5. The molecule has 2 heterocycles. The van der Waals surface area contributed by atoms with Crippen molar-refractivity contribution < 1.29 is 4.79 Å². The second kappa shape index (κ2) is 5.51. The van der Waals surface area contributed by atoms with Gasteiger partial charge in [-0.2, -0.15) is 0 Å². The number of ketones is 1. The van der Waals surface area contributed by atoms with E-state index in [1.165, 1.54) is 11.3 Å². The first-order valence-electron chi connectivity index (χ1n) is 6.46. The van der Waals surface area contributed by atoms with Crippen LogP contribution in [0.1, 0.15) is 26.5 Å². The number of aryl methyl sites for hydroxylation is 2. The Morgan fingerprint density at radius 2 is 2.22 bits per heavy atom. The number of Topliss-reactive ketones (excluding diaryl/α,β-unsaturated/α-hetero) is 1. The van der Waals surface area contributed by atoms with Crippen LogP contribution in [0.4, 0.5) is 0 Å². The van der Waals surface area contributed by atoms with Crippen molar-refractivity contribution in [2.24, 2.45) is 0 Å². The van der Waals surface area contributed by atoms with Gasteiger partial charge in [0.05, 0.1) is 6.54 Å². The molecule has 1 aliphatic heterocycles. The largest absolute Gasteiger partial charge is 0.305 e. The SMILES string of the molecule is Cc1cc(C(=O)CN2CCC(N(C)C)C2)c(C)s1. The van der Waals surface area contributed by atoms with E-state index in [-0.39, 0.29) is 5.78 Å². The Morgan fingerprint density at radius 1 is 1.50 bits per heavy atom. The quantitative estimate of drug-likeness (QED) is 0.781. The summed E-state index contributed by atoms with van der Waals surface area (Å²) in [6, 6.07) is 2.63. The van der Waals surface area contributed by atoms with Crippen molar-refractivity contribution in [2.45, 2.75) is 26.3 Å². The van der Waals surface area contributed by atoms with Gasteiger partial charge in [0.15, 0.2) is 5.78 Å².